The van der Waals surface area contributed by atoms with E-state index in [0.29, 0.717) is 4.22 Å². The summed E-state index contributed by atoms with van der Waals surface area (Å²) in [5, 5.41) is 2.49. The molecule has 1 aliphatic carbocycles. The van der Waals surface area contributed by atoms with Crippen molar-refractivity contribution in [2.45, 2.75) is 30.2 Å². The minimum absolute atomic E-state index is 0. The van der Waals surface area contributed by atoms with Crippen LogP contribution in [-0.2, 0) is 17.0 Å². The van der Waals surface area contributed by atoms with Crippen LogP contribution in [0.1, 0.15) is 29.2 Å². The van der Waals surface area contributed by atoms with E-state index in [1.54, 1.807) is 14.2 Å². The Bertz CT molecular complexity index is 1350. The minimum atomic E-state index is -2.08. The van der Waals surface area contributed by atoms with Crippen LogP contribution in [-0.4, -0.2) is 20.4 Å². The summed E-state index contributed by atoms with van der Waals surface area (Å²) >= 11 is -2.08. The first-order valence-electron chi connectivity index (χ1n) is 11.9. The van der Waals surface area contributed by atoms with Crippen LogP contribution in [0.4, 0.5) is 0 Å². The van der Waals surface area contributed by atoms with Gasteiger partial charge in [0, 0.05) is 0 Å². The van der Waals surface area contributed by atoms with Crippen LogP contribution in [0.25, 0.3) is 21.9 Å². The van der Waals surface area contributed by atoms with Crippen molar-refractivity contribution in [2.75, 3.05) is 14.2 Å². The molecular weight excluding hydrogens is 543 g/mol. The molecule has 36 heavy (non-hydrogen) atoms. The predicted octanol–water partition coefficient (Wildman–Crippen LogP) is 1.58. The first-order valence-corrected chi connectivity index (χ1v) is 17.7. The van der Waals surface area contributed by atoms with E-state index in [-0.39, 0.29) is 24.8 Å². The molecule has 1 aliphatic rings. The van der Waals surface area contributed by atoms with Gasteiger partial charge in [0.25, 0.3) is 0 Å². The second-order valence-electron chi connectivity index (χ2n) is 8.63. The van der Waals surface area contributed by atoms with Gasteiger partial charge in [-0.3, -0.25) is 0 Å². The van der Waals surface area contributed by atoms with Crippen molar-refractivity contribution in [3.8, 4) is 28.4 Å². The van der Waals surface area contributed by atoms with Crippen LogP contribution in [0.2, 0.25) is 12.1 Å². The van der Waals surface area contributed by atoms with E-state index in [1.807, 2.05) is 0 Å². The normalized spacial score (nSPS) is 11.3. The maximum Gasteiger partial charge on any atom is -1.00 e. The van der Waals surface area contributed by atoms with Crippen LogP contribution in [0.15, 0.2) is 78.9 Å². The molecule has 0 heterocycles. The smallest absolute Gasteiger partial charge is 1.00 e. The Labute approximate surface area is 233 Å². The molecule has 3 nitrogen and oxygen atoms in total. The number of hydrogen-bond acceptors (Lipinski definition) is 3. The molecule has 5 rings (SSSR count). The summed E-state index contributed by atoms with van der Waals surface area (Å²) in [6.07, 6.45) is -0.627. The van der Waals surface area contributed by atoms with Crippen LogP contribution in [0.5, 0.6) is 17.2 Å². The molecule has 186 valence electrons. The van der Waals surface area contributed by atoms with Crippen LogP contribution in [0, 0.1) is 0 Å². The molecule has 0 unspecified atom stereocenters. The molecule has 0 radical (unpaired) electrons. The van der Waals surface area contributed by atoms with E-state index in [0.717, 1.165) is 17.2 Å². The molecule has 0 bridgehead atoms. The Hall–Kier alpha value is -1.95. The fourth-order valence-electron chi connectivity index (χ4n) is 5.04. The van der Waals surface area contributed by atoms with Gasteiger partial charge in [0.05, 0.1) is 0 Å². The van der Waals surface area contributed by atoms with E-state index in [9.17, 15) is 0 Å². The number of fused-ring (bicyclic) bond motifs is 4. The molecule has 0 atom stereocenters. The van der Waals surface area contributed by atoms with Gasteiger partial charge in [-0.1, -0.05) is 0 Å². The third kappa shape index (κ3) is 5.34. The largest absolute Gasteiger partial charge is 1.00 e. The predicted molar refractivity (Wildman–Crippen MR) is 138 cm³/mol. The SMILES string of the molecule is CC[Si](CC)=[Ti+2]([O]c1ccc2ccccc2c1)[CH]1c2ccc(OC)cc2-c2cc(OC)ccc21.[Cl-].[Cl-]. The summed E-state index contributed by atoms with van der Waals surface area (Å²) in [6.45, 7) is 4.71. The van der Waals surface area contributed by atoms with E-state index >= 15 is 0 Å². The summed E-state index contributed by atoms with van der Waals surface area (Å²) in [5.74, 6) is 2.80. The second-order valence-corrected chi connectivity index (χ2v) is 18.9. The standard InChI is InChI=1S/C15H13O2.C10H8O.C4H10Si.2ClH.Ti/c1-16-12-5-3-10-7-11-4-6-13(17-2)9-15(11)14(10)8-12;11-10-6-5-8-3-1-2-4-9(8)7-10;1-3-5-4-2;;;/h3-9H,1-2H3;1-7,11H;3-4H2,1-2H3;2*1H;/q;;;;;+3/p-3. The number of halogens is 2. The van der Waals surface area contributed by atoms with E-state index < -0.39 is 23.2 Å². The Kier molecular flexibility index (Phi) is 9.96. The molecule has 0 spiro atoms. The van der Waals surface area contributed by atoms with Gasteiger partial charge in [-0.05, 0) is 0 Å². The van der Waals surface area contributed by atoms with Crippen LogP contribution < -0.4 is 37.6 Å². The van der Waals surface area contributed by atoms with Gasteiger partial charge in [-0.2, -0.15) is 0 Å². The number of hydrogen-bond donors (Lipinski definition) is 0. The maximum atomic E-state index is 7.13. The third-order valence-corrected chi connectivity index (χ3v) is 19.9. The van der Waals surface area contributed by atoms with Gasteiger partial charge in [-0.15, -0.1) is 0 Å². The summed E-state index contributed by atoms with van der Waals surface area (Å²) in [4.78, 5) is 0. The molecule has 0 N–H and O–H groups in total. The number of benzene rings is 4. The van der Waals surface area contributed by atoms with Gasteiger partial charge < -0.3 is 24.8 Å². The molecule has 4 aromatic rings. The Balaban J connectivity index is 0.00000180. The van der Waals surface area contributed by atoms with E-state index in [2.05, 4.69) is 92.7 Å². The molecular formula is C29H30Cl2O3SiTi. The van der Waals surface area contributed by atoms with Crippen molar-refractivity contribution in [1.29, 1.82) is 0 Å². The average Bonchev–Trinajstić information content (AvgIpc) is 3.21. The molecule has 0 aromatic heterocycles. The molecule has 4 aromatic carbocycles. The first kappa shape index (κ1) is 28.6. The third-order valence-electron chi connectivity index (χ3n) is 6.85. The summed E-state index contributed by atoms with van der Waals surface area (Å²) in [5.41, 5.74) is 5.31. The van der Waals surface area contributed by atoms with Gasteiger partial charge >= 0.3 is 209 Å². The number of methoxy groups -OCH3 is 2. The molecule has 0 fully saturated rings. The molecule has 0 amide bonds. The molecule has 7 heteroatoms. The van der Waals surface area contributed by atoms with Gasteiger partial charge in [0.2, 0.25) is 0 Å². The zero-order valence-corrected chi connectivity index (χ0v) is 25.1. The van der Waals surface area contributed by atoms with Crippen LogP contribution >= 0.6 is 0 Å². The molecule has 0 aliphatic heterocycles. The van der Waals surface area contributed by atoms with Crippen molar-refractivity contribution in [1.82, 2.24) is 0 Å². The average molecular weight is 573 g/mol. The maximum absolute atomic E-state index is 7.13. The molecule has 0 saturated carbocycles. The van der Waals surface area contributed by atoms with Crippen molar-refractivity contribution >= 4 is 17.0 Å². The topological polar surface area (TPSA) is 27.7 Å². The van der Waals surface area contributed by atoms with Crippen LogP contribution in [0.3, 0.4) is 0 Å². The minimum Gasteiger partial charge on any atom is -1.00 e. The fourth-order valence-corrected chi connectivity index (χ4v) is 16.9. The number of ether oxygens (including phenoxy) is 2. The Morgan fingerprint density at radius 1 is 0.667 bits per heavy atom. The van der Waals surface area contributed by atoms with E-state index in [4.69, 9.17) is 12.8 Å². The van der Waals surface area contributed by atoms with Crippen molar-refractivity contribution < 1.29 is 54.6 Å². The summed E-state index contributed by atoms with van der Waals surface area (Å²) in [6, 6.07) is 30.7. The fraction of sp³-hybridized carbons (Fsp3) is 0.241. The monoisotopic (exact) mass is 572 g/mol. The van der Waals surface area contributed by atoms with Crippen molar-refractivity contribution in [3.05, 3.63) is 90.0 Å². The Morgan fingerprint density at radius 2 is 1.19 bits per heavy atom. The zero-order chi connectivity index (χ0) is 23.7. The zero-order valence-electron chi connectivity index (χ0n) is 21.0. The van der Waals surface area contributed by atoms with E-state index in [1.165, 1.54) is 45.1 Å². The summed E-state index contributed by atoms with van der Waals surface area (Å²) in [7, 11) is 3.47. The Morgan fingerprint density at radius 3 is 1.72 bits per heavy atom. The molecule has 0 saturated heterocycles. The quantitative estimate of drug-likeness (QED) is 0.315. The van der Waals surface area contributed by atoms with Gasteiger partial charge in [0.1, 0.15) is 0 Å². The first-order chi connectivity index (χ1) is 16.7. The summed E-state index contributed by atoms with van der Waals surface area (Å²) < 4.78 is 18.7. The number of rotatable bonds is 7. The second kappa shape index (κ2) is 12.5. The van der Waals surface area contributed by atoms with Gasteiger partial charge in [0.15, 0.2) is 0 Å². The van der Waals surface area contributed by atoms with Crippen molar-refractivity contribution in [3.63, 3.8) is 0 Å². The van der Waals surface area contributed by atoms with Crippen molar-refractivity contribution in [2.24, 2.45) is 0 Å². The van der Waals surface area contributed by atoms with Gasteiger partial charge in [-0.25, -0.2) is 0 Å².